The van der Waals surface area contributed by atoms with E-state index in [0.29, 0.717) is 12.5 Å². The minimum absolute atomic E-state index is 0.384. The number of hydrogen-bond donors (Lipinski definition) is 2. The second-order valence-electron chi connectivity index (χ2n) is 11.3. The van der Waals surface area contributed by atoms with Crippen LogP contribution in [0.15, 0.2) is 48.1 Å². The van der Waals surface area contributed by atoms with E-state index in [1.807, 2.05) is 29.1 Å². The zero-order valence-corrected chi connectivity index (χ0v) is 25.6. The molecule has 9 nitrogen and oxygen atoms in total. The zero-order valence-electron chi connectivity index (χ0n) is 23.9. The van der Waals surface area contributed by atoms with Crippen LogP contribution in [0.25, 0.3) is 32.5 Å². The number of methoxy groups -OCH3 is 1. The van der Waals surface area contributed by atoms with Crippen molar-refractivity contribution in [2.24, 2.45) is 11.7 Å². The Kier molecular flexibility index (Phi) is 7.95. The molecule has 11 heteroatoms. The van der Waals surface area contributed by atoms with E-state index in [1.165, 1.54) is 4.88 Å². The van der Waals surface area contributed by atoms with E-state index in [-0.39, 0.29) is 0 Å². The lowest BCUT2D eigenvalue weighted by atomic mass is 9.76. The number of thiazole rings is 1. The molecule has 6 heterocycles. The van der Waals surface area contributed by atoms with Gasteiger partial charge < -0.3 is 25.1 Å². The van der Waals surface area contributed by atoms with Crippen molar-refractivity contribution in [2.45, 2.75) is 31.3 Å². The minimum atomic E-state index is -0.435. The van der Waals surface area contributed by atoms with Gasteiger partial charge in [-0.2, -0.15) is 0 Å². The van der Waals surface area contributed by atoms with Gasteiger partial charge in [0, 0.05) is 72.5 Å². The lowest BCUT2D eigenvalue weighted by Gasteiger charge is -2.41. The van der Waals surface area contributed by atoms with Crippen LogP contribution in [0.4, 0.5) is 5.82 Å². The Balaban J connectivity index is 1.14. The van der Waals surface area contributed by atoms with Gasteiger partial charge in [-0.25, -0.2) is 15.0 Å². The molecule has 4 aromatic heterocycles. The smallest absolute Gasteiger partial charge is 0.162 e. The number of nitrogens with zero attached hydrogens (tertiary/aromatic N) is 5. The highest BCUT2D eigenvalue weighted by Crippen LogP contribution is 2.40. The maximum absolute atomic E-state index is 7.07. The molecular weight excluding hydrogens is 567 g/mol. The molecule has 2 saturated heterocycles. The van der Waals surface area contributed by atoms with Crippen molar-refractivity contribution in [1.29, 1.82) is 0 Å². The topological polar surface area (TPSA) is 105 Å². The Morgan fingerprint density at radius 3 is 2.79 bits per heavy atom. The molecule has 0 saturated carbocycles. The van der Waals surface area contributed by atoms with E-state index in [9.17, 15) is 0 Å². The van der Waals surface area contributed by atoms with Gasteiger partial charge in [0.25, 0.3) is 0 Å². The number of rotatable bonds is 9. The number of nitrogens with one attached hydrogen (secondary N) is 1. The predicted molar refractivity (Wildman–Crippen MR) is 170 cm³/mol. The number of anilines is 1. The molecule has 0 radical (unpaired) electrons. The molecule has 0 spiro atoms. The molecule has 2 aliphatic heterocycles. The number of morpholine rings is 1. The van der Waals surface area contributed by atoms with Crippen molar-refractivity contribution < 1.29 is 9.47 Å². The van der Waals surface area contributed by atoms with Crippen LogP contribution in [0.1, 0.15) is 29.1 Å². The Morgan fingerprint density at radius 2 is 2.00 bits per heavy atom. The number of aromatic nitrogens is 4. The highest BCUT2D eigenvalue weighted by Gasteiger charge is 2.40. The van der Waals surface area contributed by atoms with Gasteiger partial charge in [-0.3, -0.25) is 4.90 Å². The van der Waals surface area contributed by atoms with Gasteiger partial charge in [-0.05, 0) is 56.5 Å². The molecule has 1 unspecified atom stereocenters. The molecule has 2 aliphatic rings. The molecule has 1 atom stereocenters. The fourth-order valence-electron chi connectivity index (χ4n) is 6.47. The first kappa shape index (κ1) is 27.9. The molecule has 2 fully saturated rings. The lowest BCUT2D eigenvalue weighted by Crippen LogP contribution is -2.49. The summed E-state index contributed by atoms with van der Waals surface area (Å²) in [6.45, 7) is 6.69. The molecule has 0 bridgehead atoms. The van der Waals surface area contributed by atoms with Gasteiger partial charge in [0.15, 0.2) is 11.6 Å². The molecule has 1 aromatic carbocycles. The Morgan fingerprint density at radius 1 is 1.14 bits per heavy atom. The number of thiophene rings is 1. The highest BCUT2D eigenvalue weighted by molar-refractivity contribution is 7.19. The molecule has 220 valence electrons. The van der Waals surface area contributed by atoms with Crippen LogP contribution in [-0.2, 0) is 21.6 Å². The zero-order chi connectivity index (χ0) is 28.5. The van der Waals surface area contributed by atoms with Gasteiger partial charge in [-0.1, -0.05) is 12.1 Å². The van der Waals surface area contributed by atoms with Gasteiger partial charge in [-0.15, -0.1) is 22.7 Å². The van der Waals surface area contributed by atoms with E-state index in [4.69, 9.17) is 25.2 Å². The molecule has 5 aromatic rings. The van der Waals surface area contributed by atoms with Gasteiger partial charge in [0.2, 0.25) is 0 Å². The van der Waals surface area contributed by atoms with Crippen LogP contribution in [0.2, 0.25) is 0 Å². The van der Waals surface area contributed by atoms with Crippen LogP contribution in [0.3, 0.4) is 0 Å². The van der Waals surface area contributed by atoms with Crippen molar-refractivity contribution in [3.8, 4) is 11.4 Å². The first-order valence-corrected chi connectivity index (χ1v) is 16.4. The third-order valence-corrected chi connectivity index (χ3v) is 10.9. The van der Waals surface area contributed by atoms with E-state index in [2.05, 4.69) is 50.1 Å². The summed E-state index contributed by atoms with van der Waals surface area (Å²) in [6.07, 6.45) is 6.73. The predicted octanol–water partition coefficient (Wildman–Crippen LogP) is 5.24. The molecule has 7 rings (SSSR count). The van der Waals surface area contributed by atoms with Gasteiger partial charge >= 0.3 is 0 Å². The number of nitrogens with two attached hydrogens (primary N) is 1. The summed E-state index contributed by atoms with van der Waals surface area (Å²) in [4.78, 5) is 24.5. The fourth-order valence-corrected chi connectivity index (χ4v) is 8.48. The maximum atomic E-state index is 7.07. The summed E-state index contributed by atoms with van der Waals surface area (Å²) in [6, 6.07) is 10.7. The Bertz CT molecular complexity index is 1640. The standard InChI is InChI=1S/C31H37N7O2S2/c1-39-15-8-31(32,30-34-10-18-41-30)21-6-11-37(12-7-21)20-22-19-26-27(42-22)29(38-13-16-40-17-14-38)36-28(35-26)24-3-2-4-25-23(24)5-9-33-25/h2-5,9-10,18-19,21,33H,6-8,11-17,20,32H2,1H3. The number of fused-ring (bicyclic) bond motifs is 2. The first-order valence-electron chi connectivity index (χ1n) is 14.7. The second kappa shape index (κ2) is 12.0. The lowest BCUT2D eigenvalue weighted by molar-refractivity contribution is 0.0919. The SMILES string of the molecule is COCCC(N)(c1nccs1)C1CCN(Cc2cc3nc(-c4cccc5[nH]ccc45)nc(N4CCOCC4)c3s2)CC1. The fraction of sp³-hybridized carbons (Fsp3) is 0.452. The van der Waals surface area contributed by atoms with Gasteiger partial charge in [0.05, 0.1) is 29.0 Å². The number of H-pyrrole nitrogens is 1. The van der Waals surface area contributed by atoms with Crippen molar-refractivity contribution in [3.63, 3.8) is 0 Å². The third kappa shape index (κ3) is 5.34. The van der Waals surface area contributed by atoms with E-state index in [1.54, 1.807) is 18.4 Å². The Labute approximate surface area is 253 Å². The summed E-state index contributed by atoms with van der Waals surface area (Å²) >= 11 is 3.49. The molecule has 3 N–H and O–H groups in total. The number of ether oxygens (including phenoxy) is 2. The summed E-state index contributed by atoms with van der Waals surface area (Å²) in [5, 5.41) is 4.20. The van der Waals surface area contributed by atoms with E-state index >= 15 is 0 Å². The normalized spacial score (nSPS) is 18.7. The van der Waals surface area contributed by atoms with Crippen LogP contribution < -0.4 is 10.6 Å². The first-order chi connectivity index (χ1) is 20.6. The van der Waals surface area contributed by atoms with Crippen LogP contribution >= 0.6 is 22.7 Å². The average molecular weight is 604 g/mol. The maximum Gasteiger partial charge on any atom is 0.162 e. The summed E-state index contributed by atoms with van der Waals surface area (Å²) in [7, 11) is 1.74. The number of hydrogen-bond acceptors (Lipinski definition) is 10. The third-order valence-electron chi connectivity index (χ3n) is 8.80. The van der Waals surface area contributed by atoms with Crippen LogP contribution in [-0.4, -0.2) is 77.9 Å². The molecule has 0 amide bonds. The van der Waals surface area contributed by atoms with Crippen molar-refractivity contribution in [3.05, 3.63) is 58.0 Å². The average Bonchev–Trinajstić information content (AvgIpc) is 3.81. The quantitative estimate of drug-likeness (QED) is 0.236. The number of benzene rings is 1. The molecule has 0 aliphatic carbocycles. The Hall–Kier alpha value is -2.93. The van der Waals surface area contributed by atoms with E-state index in [0.717, 1.165) is 109 Å². The van der Waals surface area contributed by atoms with Crippen molar-refractivity contribution in [1.82, 2.24) is 24.8 Å². The van der Waals surface area contributed by atoms with Crippen LogP contribution in [0.5, 0.6) is 0 Å². The second-order valence-corrected chi connectivity index (χ2v) is 13.3. The molecular formula is C31H37N7O2S2. The summed E-state index contributed by atoms with van der Waals surface area (Å²) in [5.41, 5.74) is 9.81. The highest BCUT2D eigenvalue weighted by atomic mass is 32.1. The molecule has 42 heavy (non-hydrogen) atoms. The number of likely N-dealkylation sites (tertiary alicyclic amines) is 1. The van der Waals surface area contributed by atoms with Gasteiger partial charge in [0.1, 0.15) is 5.01 Å². The number of piperidine rings is 1. The summed E-state index contributed by atoms with van der Waals surface area (Å²) in [5.74, 6) is 2.18. The number of aromatic amines is 1. The van der Waals surface area contributed by atoms with Crippen LogP contribution in [0, 0.1) is 5.92 Å². The van der Waals surface area contributed by atoms with Crippen molar-refractivity contribution >= 4 is 49.6 Å². The largest absolute Gasteiger partial charge is 0.385 e. The summed E-state index contributed by atoms with van der Waals surface area (Å²) < 4.78 is 12.3. The minimum Gasteiger partial charge on any atom is -0.385 e. The van der Waals surface area contributed by atoms with Crippen molar-refractivity contribution in [2.75, 3.05) is 58.0 Å². The van der Waals surface area contributed by atoms with E-state index < -0.39 is 5.54 Å². The monoisotopic (exact) mass is 603 g/mol.